The number of amides is 2. The van der Waals surface area contributed by atoms with Crippen molar-refractivity contribution >= 4 is 11.8 Å². The number of rotatable bonds is 6. The first-order valence-corrected chi connectivity index (χ1v) is 8.39. The molecule has 24 heavy (non-hydrogen) atoms. The molecule has 126 valence electrons. The topological polar surface area (TPSA) is 62.6 Å². The first-order chi connectivity index (χ1) is 11.7. The Morgan fingerprint density at radius 1 is 1.17 bits per heavy atom. The largest absolute Gasteiger partial charge is 0.459 e. The van der Waals surface area contributed by atoms with Gasteiger partial charge in [-0.1, -0.05) is 30.3 Å². The van der Waals surface area contributed by atoms with Crippen LogP contribution in [0.2, 0.25) is 0 Å². The summed E-state index contributed by atoms with van der Waals surface area (Å²) < 4.78 is 5.03. The van der Waals surface area contributed by atoms with E-state index in [1.807, 2.05) is 23.1 Å². The number of benzene rings is 1. The van der Waals surface area contributed by atoms with E-state index in [0.717, 1.165) is 25.8 Å². The maximum atomic E-state index is 12.5. The summed E-state index contributed by atoms with van der Waals surface area (Å²) in [5, 5.41) is 2.72. The van der Waals surface area contributed by atoms with Crippen molar-refractivity contribution in [1.29, 1.82) is 0 Å². The van der Waals surface area contributed by atoms with E-state index in [0.29, 0.717) is 13.0 Å². The van der Waals surface area contributed by atoms with Crippen LogP contribution in [0.1, 0.15) is 35.4 Å². The highest BCUT2D eigenvalue weighted by atomic mass is 16.3. The van der Waals surface area contributed by atoms with Gasteiger partial charge in [-0.25, -0.2) is 0 Å². The Kier molecular flexibility index (Phi) is 5.31. The fourth-order valence-electron chi connectivity index (χ4n) is 3.18. The fraction of sp³-hybridized carbons (Fsp3) is 0.368. The van der Waals surface area contributed by atoms with Gasteiger partial charge in [0.2, 0.25) is 5.91 Å². The number of furan rings is 1. The van der Waals surface area contributed by atoms with Crippen molar-refractivity contribution in [3.63, 3.8) is 0 Å². The van der Waals surface area contributed by atoms with Gasteiger partial charge in [0.15, 0.2) is 5.76 Å². The van der Waals surface area contributed by atoms with Crippen molar-refractivity contribution in [2.75, 3.05) is 13.1 Å². The van der Waals surface area contributed by atoms with Gasteiger partial charge < -0.3 is 14.6 Å². The molecule has 2 amide bonds. The van der Waals surface area contributed by atoms with E-state index in [-0.39, 0.29) is 23.6 Å². The SMILES string of the molecule is O=C(NCCC(=O)N1CCCC1Cc1ccccc1)c1ccco1. The van der Waals surface area contributed by atoms with Crippen molar-refractivity contribution in [1.82, 2.24) is 10.2 Å². The third-order valence-corrected chi connectivity index (χ3v) is 4.38. The van der Waals surface area contributed by atoms with Gasteiger partial charge in [-0.05, 0) is 37.0 Å². The molecule has 0 aliphatic carbocycles. The summed E-state index contributed by atoms with van der Waals surface area (Å²) in [6.07, 6.45) is 4.75. The lowest BCUT2D eigenvalue weighted by Gasteiger charge is -2.25. The van der Waals surface area contributed by atoms with Crippen LogP contribution in [-0.4, -0.2) is 35.8 Å². The van der Waals surface area contributed by atoms with Gasteiger partial charge >= 0.3 is 0 Å². The highest BCUT2D eigenvalue weighted by Crippen LogP contribution is 2.21. The van der Waals surface area contributed by atoms with Crippen LogP contribution in [0, 0.1) is 0 Å². The Hall–Kier alpha value is -2.56. The molecule has 1 fully saturated rings. The predicted octanol–water partition coefficient (Wildman–Crippen LogP) is 2.63. The van der Waals surface area contributed by atoms with Gasteiger partial charge in [-0.3, -0.25) is 9.59 Å². The minimum Gasteiger partial charge on any atom is -0.459 e. The monoisotopic (exact) mass is 326 g/mol. The Balaban J connectivity index is 1.48. The van der Waals surface area contributed by atoms with Crippen molar-refractivity contribution in [3.8, 4) is 0 Å². The summed E-state index contributed by atoms with van der Waals surface area (Å²) in [6.45, 7) is 1.13. The molecule has 2 heterocycles. The molecule has 1 aromatic carbocycles. The molecular weight excluding hydrogens is 304 g/mol. The molecule has 0 spiro atoms. The Morgan fingerprint density at radius 2 is 2.00 bits per heavy atom. The van der Waals surface area contributed by atoms with E-state index in [2.05, 4.69) is 17.4 Å². The Bertz CT molecular complexity index is 667. The average molecular weight is 326 g/mol. The molecule has 1 saturated heterocycles. The maximum absolute atomic E-state index is 12.5. The molecule has 0 radical (unpaired) electrons. The number of likely N-dealkylation sites (tertiary alicyclic amines) is 1. The standard InChI is InChI=1S/C19H22N2O3/c22-18(10-11-20-19(23)17-9-5-13-24-17)21-12-4-8-16(21)14-15-6-2-1-3-7-15/h1-3,5-7,9,13,16H,4,8,10-12,14H2,(H,20,23). The van der Waals surface area contributed by atoms with Crippen LogP contribution in [-0.2, 0) is 11.2 Å². The molecule has 0 saturated carbocycles. The second kappa shape index (κ2) is 7.81. The number of carbonyl (C=O) groups is 2. The molecule has 1 atom stereocenters. The van der Waals surface area contributed by atoms with Crippen molar-refractivity contribution in [2.45, 2.75) is 31.7 Å². The zero-order valence-electron chi connectivity index (χ0n) is 13.6. The molecule has 2 aromatic rings. The summed E-state index contributed by atoms with van der Waals surface area (Å²) in [5.41, 5.74) is 1.26. The van der Waals surface area contributed by atoms with E-state index in [9.17, 15) is 9.59 Å². The summed E-state index contributed by atoms with van der Waals surface area (Å²) in [5.74, 6) is 0.0915. The minimum atomic E-state index is -0.282. The molecular formula is C19H22N2O3. The Labute approximate surface area is 141 Å². The smallest absolute Gasteiger partial charge is 0.286 e. The number of carbonyl (C=O) groups excluding carboxylic acids is 2. The lowest BCUT2D eigenvalue weighted by molar-refractivity contribution is -0.131. The molecule has 5 heteroatoms. The van der Waals surface area contributed by atoms with E-state index in [1.165, 1.54) is 11.8 Å². The predicted molar refractivity (Wildman–Crippen MR) is 90.5 cm³/mol. The van der Waals surface area contributed by atoms with Gasteiger partial charge in [0.05, 0.1) is 6.26 Å². The second-order valence-corrected chi connectivity index (χ2v) is 6.06. The first kappa shape index (κ1) is 16.3. The van der Waals surface area contributed by atoms with Crippen molar-refractivity contribution in [2.24, 2.45) is 0 Å². The van der Waals surface area contributed by atoms with Gasteiger partial charge in [-0.2, -0.15) is 0 Å². The van der Waals surface area contributed by atoms with Gasteiger partial charge in [0.1, 0.15) is 0 Å². The average Bonchev–Trinajstić information content (AvgIpc) is 3.27. The second-order valence-electron chi connectivity index (χ2n) is 6.06. The normalized spacial score (nSPS) is 17.0. The van der Waals surface area contributed by atoms with Crippen LogP contribution in [0.25, 0.3) is 0 Å². The molecule has 1 aliphatic heterocycles. The van der Waals surface area contributed by atoms with Crippen LogP contribution < -0.4 is 5.32 Å². The fourth-order valence-corrected chi connectivity index (χ4v) is 3.18. The van der Waals surface area contributed by atoms with E-state index >= 15 is 0 Å². The number of nitrogens with zero attached hydrogens (tertiary/aromatic N) is 1. The van der Waals surface area contributed by atoms with Gasteiger partial charge in [-0.15, -0.1) is 0 Å². The number of hydrogen-bond donors (Lipinski definition) is 1. The quantitative estimate of drug-likeness (QED) is 0.887. The molecule has 1 unspecified atom stereocenters. The summed E-state index contributed by atoms with van der Waals surface area (Å²) >= 11 is 0. The van der Waals surface area contributed by atoms with Gasteiger partial charge in [0.25, 0.3) is 5.91 Å². The Morgan fingerprint density at radius 3 is 2.75 bits per heavy atom. The van der Waals surface area contributed by atoms with E-state index < -0.39 is 0 Å². The molecule has 1 N–H and O–H groups in total. The van der Waals surface area contributed by atoms with Crippen LogP contribution in [0.4, 0.5) is 0 Å². The lowest BCUT2D eigenvalue weighted by Crippen LogP contribution is -2.38. The van der Waals surface area contributed by atoms with E-state index in [4.69, 9.17) is 4.42 Å². The third kappa shape index (κ3) is 4.04. The summed E-state index contributed by atoms with van der Waals surface area (Å²) in [6, 6.07) is 13.8. The molecule has 5 nitrogen and oxygen atoms in total. The zero-order chi connectivity index (χ0) is 16.8. The first-order valence-electron chi connectivity index (χ1n) is 8.39. The molecule has 0 bridgehead atoms. The van der Waals surface area contributed by atoms with Crippen LogP contribution in [0.15, 0.2) is 53.1 Å². The summed E-state index contributed by atoms with van der Waals surface area (Å²) in [7, 11) is 0. The van der Waals surface area contributed by atoms with Crippen molar-refractivity contribution < 1.29 is 14.0 Å². The van der Waals surface area contributed by atoms with E-state index in [1.54, 1.807) is 12.1 Å². The minimum absolute atomic E-state index is 0.105. The molecule has 1 aliphatic rings. The van der Waals surface area contributed by atoms with Gasteiger partial charge in [0, 0.05) is 25.6 Å². The lowest BCUT2D eigenvalue weighted by atomic mass is 10.0. The number of nitrogens with one attached hydrogen (secondary N) is 1. The highest BCUT2D eigenvalue weighted by molar-refractivity contribution is 5.91. The van der Waals surface area contributed by atoms with Crippen LogP contribution in [0.5, 0.6) is 0 Å². The zero-order valence-corrected chi connectivity index (χ0v) is 13.6. The van der Waals surface area contributed by atoms with Crippen molar-refractivity contribution in [3.05, 3.63) is 60.1 Å². The highest BCUT2D eigenvalue weighted by Gasteiger charge is 2.28. The van der Waals surface area contributed by atoms with Crippen LogP contribution in [0.3, 0.4) is 0 Å². The molecule has 1 aromatic heterocycles. The third-order valence-electron chi connectivity index (χ3n) is 4.38. The molecule has 3 rings (SSSR count). The van der Waals surface area contributed by atoms with Crippen LogP contribution >= 0.6 is 0 Å². The number of hydrogen-bond acceptors (Lipinski definition) is 3. The summed E-state index contributed by atoms with van der Waals surface area (Å²) in [4.78, 5) is 26.2. The maximum Gasteiger partial charge on any atom is 0.286 e.